The van der Waals surface area contributed by atoms with Crippen molar-refractivity contribution in [1.29, 1.82) is 0 Å². The maximum Gasteiger partial charge on any atom is 0.248 e. The minimum atomic E-state index is -0.557. The second kappa shape index (κ2) is 6.60. The Kier molecular flexibility index (Phi) is 4.52. The van der Waals surface area contributed by atoms with Gasteiger partial charge >= 0.3 is 0 Å². The number of carbonyl (C=O) groups is 1. The van der Waals surface area contributed by atoms with Gasteiger partial charge < -0.3 is 15.8 Å². The molecule has 1 aromatic carbocycles. The minimum absolute atomic E-state index is 0.397. The molecule has 3 N–H and O–H groups in total. The van der Waals surface area contributed by atoms with Crippen LogP contribution in [-0.4, -0.2) is 32.7 Å². The smallest absolute Gasteiger partial charge is 0.248 e. The molecule has 2 heterocycles. The number of hydrogen-bond donors (Lipinski definition) is 2. The molecule has 3 rings (SSSR count). The van der Waals surface area contributed by atoms with Gasteiger partial charge in [0.1, 0.15) is 11.8 Å². The monoisotopic (exact) mass is 392 g/mol. The number of tetrazole rings is 1. The largest absolute Gasteiger partial charge is 0.493 e. The van der Waals surface area contributed by atoms with E-state index in [0.29, 0.717) is 29.6 Å². The number of benzene rings is 1. The Bertz CT molecular complexity index is 816. The Balaban J connectivity index is 2.19. The summed E-state index contributed by atoms with van der Waals surface area (Å²) >= 11 is 3.47. The van der Waals surface area contributed by atoms with Gasteiger partial charge in [-0.05, 0) is 42.0 Å². The highest BCUT2D eigenvalue weighted by atomic mass is 79.9. The molecule has 0 radical (unpaired) electrons. The Morgan fingerprint density at radius 3 is 3.00 bits per heavy atom. The summed E-state index contributed by atoms with van der Waals surface area (Å²) in [5.41, 5.74) is 7.41. The number of nitrogens with one attached hydrogen (secondary N) is 1. The first-order valence-corrected chi connectivity index (χ1v) is 8.30. The lowest BCUT2D eigenvalue weighted by Crippen LogP contribution is -2.32. The fourth-order valence-electron chi connectivity index (χ4n) is 2.70. The van der Waals surface area contributed by atoms with Crippen LogP contribution >= 0.6 is 15.9 Å². The third-order valence-electron chi connectivity index (χ3n) is 3.71. The zero-order valence-electron chi connectivity index (χ0n) is 13.3. The summed E-state index contributed by atoms with van der Waals surface area (Å²) in [4.78, 5) is 12.1. The van der Waals surface area contributed by atoms with Gasteiger partial charge in [0.25, 0.3) is 0 Å². The summed E-state index contributed by atoms with van der Waals surface area (Å²) in [6, 6.07) is 5.08. The zero-order chi connectivity index (χ0) is 17.3. The third kappa shape index (κ3) is 2.86. The number of primary amides is 1. The molecule has 0 spiro atoms. The molecule has 0 saturated heterocycles. The van der Waals surface area contributed by atoms with Gasteiger partial charge in [0.05, 0.1) is 12.2 Å². The van der Waals surface area contributed by atoms with E-state index in [-0.39, 0.29) is 0 Å². The number of ether oxygens (including phenoxy) is 1. The van der Waals surface area contributed by atoms with E-state index in [1.807, 2.05) is 25.1 Å². The van der Waals surface area contributed by atoms with Crippen LogP contribution in [0.1, 0.15) is 31.9 Å². The first-order chi connectivity index (χ1) is 11.5. The van der Waals surface area contributed by atoms with E-state index in [0.717, 1.165) is 16.5 Å². The highest BCUT2D eigenvalue weighted by molar-refractivity contribution is 9.10. The van der Waals surface area contributed by atoms with E-state index in [9.17, 15) is 4.79 Å². The molecule has 1 aliphatic rings. The van der Waals surface area contributed by atoms with Crippen LogP contribution < -0.4 is 15.8 Å². The predicted molar refractivity (Wildman–Crippen MR) is 91.4 cm³/mol. The van der Waals surface area contributed by atoms with E-state index in [1.165, 1.54) is 4.68 Å². The molecule has 0 fully saturated rings. The number of nitrogens with two attached hydrogens (primary N) is 1. The summed E-state index contributed by atoms with van der Waals surface area (Å²) in [6.45, 7) is 4.37. The molecule has 1 aliphatic heterocycles. The minimum Gasteiger partial charge on any atom is -0.493 e. The molecule has 0 bridgehead atoms. The molecule has 1 amide bonds. The lowest BCUT2D eigenvalue weighted by atomic mass is 9.94. The summed E-state index contributed by atoms with van der Waals surface area (Å²) in [7, 11) is 0. The molecule has 0 unspecified atom stereocenters. The fraction of sp³-hybridized carbons (Fsp3) is 0.333. The number of hydrogen-bond acceptors (Lipinski definition) is 6. The molecule has 0 aliphatic carbocycles. The molecule has 2 aromatic rings. The molecule has 126 valence electrons. The van der Waals surface area contributed by atoms with E-state index in [2.05, 4.69) is 36.8 Å². The van der Waals surface area contributed by atoms with Crippen molar-refractivity contribution in [2.75, 3.05) is 11.9 Å². The van der Waals surface area contributed by atoms with E-state index in [4.69, 9.17) is 10.5 Å². The summed E-state index contributed by atoms with van der Waals surface area (Å²) in [5, 5.41) is 14.6. The van der Waals surface area contributed by atoms with Crippen LogP contribution in [-0.2, 0) is 4.79 Å². The van der Waals surface area contributed by atoms with E-state index in [1.54, 1.807) is 6.92 Å². The van der Waals surface area contributed by atoms with Gasteiger partial charge in [-0.25, -0.2) is 0 Å². The number of rotatable bonds is 5. The Morgan fingerprint density at radius 1 is 1.50 bits per heavy atom. The molecule has 1 atom stereocenters. The Hall–Kier alpha value is -2.42. The lowest BCUT2D eigenvalue weighted by molar-refractivity contribution is -0.115. The molecule has 1 aromatic heterocycles. The summed E-state index contributed by atoms with van der Waals surface area (Å²) in [6.07, 6.45) is 0.870. The molecular formula is C15H17BrN6O2. The summed E-state index contributed by atoms with van der Waals surface area (Å²) in [5.74, 6) is 0.580. The van der Waals surface area contributed by atoms with Crippen molar-refractivity contribution in [3.05, 3.63) is 39.5 Å². The average molecular weight is 393 g/mol. The van der Waals surface area contributed by atoms with Gasteiger partial charge in [-0.1, -0.05) is 28.0 Å². The molecule has 0 saturated carbocycles. The summed E-state index contributed by atoms with van der Waals surface area (Å²) < 4.78 is 8.24. The standard InChI is InChI=1S/C15H17BrN6O2/c1-3-6-24-11-5-4-9(16)7-10(11)13-12(14(17)23)8(2)18-15-19-20-21-22(13)15/h4-5,7,13H,3,6H2,1-2H3,(H2,17,23)(H,18,19,21)/t13-/m1/s1. The third-order valence-corrected chi connectivity index (χ3v) is 4.20. The van der Waals surface area contributed by atoms with Crippen molar-refractivity contribution in [3.8, 4) is 5.75 Å². The number of fused-ring (bicyclic) bond motifs is 1. The van der Waals surface area contributed by atoms with Crippen LogP contribution in [0, 0.1) is 0 Å². The second-order valence-corrected chi connectivity index (χ2v) is 6.32. The first kappa shape index (κ1) is 16.4. The van der Waals surface area contributed by atoms with Crippen LogP contribution in [0.5, 0.6) is 5.75 Å². The van der Waals surface area contributed by atoms with Gasteiger partial charge in [0.2, 0.25) is 11.9 Å². The van der Waals surface area contributed by atoms with Gasteiger partial charge in [-0.15, -0.1) is 0 Å². The fourth-order valence-corrected chi connectivity index (χ4v) is 3.07. The first-order valence-electron chi connectivity index (χ1n) is 7.50. The number of halogens is 1. The quantitative estimate of drug-likeness (QED) is 0.805. The maximum atomic E-state index is 12.1. The van der Waals surface area contributed by atoms with Crippen molar-refractivity contribution in [1.82, 2.24) is 20.2 Å². The van der Waals surface area contributed by atoms with Crippen LogP contribution in [0.2, 0.25) is 0 Å². The van der Waals surface area contributed by atoms with Crippen molar-refractivity contribution in [3.63, 3.8) is 0 Å². The van der Waals surface area contributed by atoms with Crippen LogP contribution in [0.4, 0.5) is 5.95 Å². The number of anilines is 1. The van der Waals surface area contributed by atoms with Crippen molar-refractivity contribution in [2.45, 2.75) is 26.3 Å². The SMILES string of the molecule is CCCOc1ccc(Br)cc1[C@@H]1C(C(N)=O)=C(C)Nc2nnnn21. The normalized spacial score (nSPS) is 16.5. The maximum absolute atomic E-state index is 12.1. The Labute approximate surface area is 147 Å². The predicted octanol–water partition coefficient (Wildman–Crippen LogP) is 2.00. The van der Waals surface area contributed by atoms with Crippen molar-refractivity contribution < 1.29 is 9.53 Å². The van der Waals surface area contributed by atoms with E-state index >= 15 is 0 Å². The van der Waals surface area contributed by atoms with E-state index < -0.39 is 11.9 Å². The van der Waals surface area contributed by atoms with Gasteiger partial charge in [-0.3, -0.25) is 4.79 Å². The number of carbonyl (C=O) groups excluding carboxylic acids is 1. The number of allylic oxidation sites excluding steroid dienone is 1. The molecule has 24 heavy (non-hydrogen) atoms. The van der Waals surface area contributed by atoms with Crippen LogP contribution in [0.25, 0.3) is 0 Å². The topological polar surface area (TPSA) is 108 Å². The lowest BCUT2D eigenvalue weighted by Gasteiger charge is -2.28. The molecular weight excluding hydrogens is 376 g/mol. The number of nitrogens with zero attached hydrogens (tertiary/aromatic N) is 4. The van der Waals surface area contributed by atoms with Crippen LogP contribution in [0.3, 0.4) is 0 Å². The van der Waals surface area contributed by atoms with Crippen molar-refractivity contribution >= 4 is 27.8 Å². The van der Waals surface area contributed by atoms with Crippen LogP contribution in [0.15, 0.2) is 33.9 Å². The molecule has 8 nitrogen and oxygen atoms in total. The highest BCUT2D eigenvalue weighted by Crippen LogP contribution is 2.39. The number of amides is 1. The molecule has 9 heteroatoms. The second-order valence-electron chi connectivity index (χ2n) is 5.41. The average Bonchev–Trinajstić information content (AvgIpc) is 2.99. The Morgan fingerprint density at radius 2 is 2.29 bits per heavy atom. The highest BCUT2D eigenvalue weighted by Gasteiger charge is 2.34. The van der Waals surface area contributed by atoms with Gasteiger partial charge in [-0.2, -0.15) is 4.68 Å². The van der Waals surface area contributed by atoms with Gasteiger partial charge in [0.15, 0.2) is 0 Å². The zero-order valence-corrected chi connectivity index (χ0v) is 14.9. The van der Waals surface area contributed by atoms with Crippen molar-refractivity contribution in [2.24, 2.45) is 5.73 Å². The van der Waals surface area contributed by atoms with Gasteiger partial charge in [0, 0.05) is 15.7 Å². The number of aromatic nitrogens is 4.